The molecule has 0 saturated carbocycles. The lowest BCUT2D eigenvalue weighted by molar-refractivity contribution is -0.0623. The minimum atomic E-state index is -0.133. The van der Waals surface area contributed by atoms with Gasteiger partial charge in [-0.2, -0.15) is 0 Å². The Morgan fingerprint density at radius 2 is 1.28 bits per heavy atom. The van der Waals surface area contributed by atoms with Gasteiger partial charge in [0, 0.05) is 38.1 Å². The Kier molecular flexibility index (Phi) is 6.11. The van der Waals surface area contributed by atoms with E-state index in [9.17, 15) is 0 Å². The zero-order chi connectivity index (χ0) is 21.8. The minimum Gasteiger partial charge on any atom is -0.373 e. The van der Waals surface area contributed by atoms with Gasteiger partial charge >= 0.3 is 0 Å². The molecule has 3 aromatic rings. The van der Waals surface area contributed by atoms with Crippen molar-refractivity contribution in [1.29, 1.82) is 0 Å². The van der Waals surface area contributed by atoms with Crippen molar-refractivity contribution in [1.82, 2.24) is 4.90 Å². The summed E-state index contributed by atoms with van der Waals surface area (Å²) in [7, 11) is 1.87. The number of methoxy groups -OCH3 is 1. The quantitative estimate of drug-likeness (QED) is 0.459. The van der Waals surface area contributed by atoms with Crippen molar-refractivity contribution in [3.8, 4) is 0 Å². The van der Waals surface area contributed by atoms with Crippen molar-refractivity contribution in [2.45, 2.75) is 24.9 Å². The topological polar surface area (TPSA) is 15.7 Å². The minimum absolute atomic E-state index is 0.133. The number of nitrogens with zero attached hydrogens (tertiary/aromatic N) is 2. The summed E-state index contributed by atoms with van der Waals surface area (Å²) in [5, 5.41) is 0. The van der Waals surface area contributed by atoms with Gasteiger partial charge in [0.15, 0.2) is 0 Å². The van der Waals surface area contributed by atoms with Crippen LogP contribution in [0.25, 0.3) is 12.2 Å². The molecule has 3 aromatic carbocycles. The average Bonchev–Trinajstić information content (AvgIpc) is 3.02. The van der Waals surface area contributed by atoms with Gasteiger partial charge in [-0.25, -0.2) is 0 Å². The number of ether oxygens (including phenoxy) is 1. The molecule has 3 heteroatoms. The number of hydrogen-bond acceptors (Lipinski definition) is 3. The third kappa shape index (κ3) is 4.11. The number of fused-ring (bicyclic) bond motifs is 2. The van der Waals surface area contributed by atoms with Gasteiger partial charge in [-0.15, -0.1) is 0 Å². The van der Waals surface area contributed by atoms with Crippen molar-refractivity contribution < 1.29 is 4.74 Å². The molecule has 2 aliphatic rings. The van der Waals surface area contributed by atoms with Gasteiger partial charge in [-0.1, -0.05) is 78.9 Å². The number of likely N-dealkylation sites (tertiary alicyclic amines) is 1. The molecule has 1 saturated heterocycles. The fraction of sp³-hybridized carbons (Fsp3) is 0.310. The van der Waals surface area contributed by atoms with Crippen LogP contribution in [-0.2, 0) is 10.3 Å². The van der Waals surface area contributed by atoms with Gasteiger partial charge in [0.25, 0.3) is 0 Å². The fourth-order valence-electron chi connectivity index (χ4n) is 5.24. The van der Waals surface area contributed by atoms with Gasteiger partial charge in [-0.3, -0.25) is 0 Å². The van der Waals surface area contributed by atoms with E-state index in [2.05, 4.69) is 101 Å². The second-order valence-electron chi connectivity index (χ2n) is 8.86. The molecule has 0 bridgehead atoms. The summed E-state index contributed by atoms with van der Waals surface area (Å²) in [5.41, 5.74) is 6.35. The zero-order valence-electron chi connectivity index (χ0n) is 18.9. The average molecular weight is 425 g/mol. The second kappa shape index (κ2) is 9.32. The molecule has 164 valence electrons. The molecule has 0 spiro atoms. The van der Waals surface area contributed by atoms with E-state index in [0.29, 0.717) is 0 Å². The highest BCUT2D eigenvalue weighted by Crippen LogP contribution is 2.37. The molecule has 0 atom stereocenters. The van der Waals surface area contributed by atoms with Gasteiger partial charge in [0.05, 0.1) is 5.60 Å². The summed E-state index contributed by atoms with van der Waals surface area (Å²) >= 11 is 0. The van der Waals surface area contributed by atoms with E-state index in [4.69, 9.17) is 4.74 Å². The molecule has 0 amide bonds. The highest BCUT2D eigenvalue weighted by Gasteiger charge is 2.36. The number of benzene rings is 3. The molecule has 2 heterocycles. The van der Waals surface area contributed by atoms with Crippen LogP contribution >= 0.6 is 0 Å². The number of anilines is 2. The maximum Gasteiger partial charge on any atom is 0.0951 e. The summed E-state index contributed by atoms with van der Waals surface area (Å²) in [6.45, 7) is 4.29. The monoisotopic (exact) mass is 424 g/mol. The van der Waals surface area contributed by atoms with Gasteiger partial charge in [-0.05, 0) is 54.6 Å². The van der Waals surface area contributed by atoms with E-state index in [-0.39, 0.29) is 5.60 Å². The van der Waals surface area contributed by atoms with Crippen LogP contribution < -0.4 is 4.90 Å². The van der Waals surface area contributed by atoms with Gasteiger partial charge in [0.1, 0.15) is 0 Å². The lowest BCUT2D eigenvalue weighted by atomic mass is 9.84. The van der Waals surface area contributed by atoms with E-state index in [1.807, 2.05) is 7.11 Å². The van der Waals surface area contributed by atoms with Gasteiger partial charge < -0.3 is 14.5 Å². The van der Waals surface area contributed by atoms with E-state index < -0.39 is 0 Å². The summed E-state index contributed by atoms with van der Waals surface area (Å²) in [6.07, 6.45) is 7.72. The first-order valence-corrected chi connectivity index (χ1v) is 11.8. The molecule has 3 nitrogen and oxygen atoms in total. The van der Waals surface area contributed by atoms with E-state index >= 15 is 0 Å². The maximum absolute atomic E-state index is 6.06. The largest absolute Gasteiger partial charge is 0.373 e. The number of rotatable bonds is 6. The summed E-state index contributed by atoms with van der Waals surface area (Å²) in [5.74, 6) is 0. The van der Waals surface area contributed by atoms with E-state index in [0.717, 1.165) is 45.4 Å². The molecule has 0 aromatic heterocycles. The molecule has 0 radical (unpaired) electrons. The Hall–Kier alpha value is -2.88. The van der Waals surface area contributed by atoms with Crippen LogP contribution in [0, 0.1) is 0 Å². The smallest absolute Gasteiger partial charge is 0.0951 e. The number of para-hydroxylation sites is 2. The lowest BCUT2D eigenvalue weighted by Gasteiger charge is -2.41. The molecule has 0 unspecified atom stereocenters. The fourth-order valence-corrected chi connectivity index (χ4v) is 5.24. The number of hydrogen-bond donors (Lipinski definition) is 0. The third-order valence-corrected chi connectivity index (χ3v) is 7.11. The summed E-state index contributed by atoms with van der Waals surface area (Å²) in [4.78, 5) is 5.10. The SMILES string of the molecule is COC1(c2ccccc2)CCN(CCCN2c3ccccc3C=Cc3ccccc32)CC1. The van der Waals surface area contributed by atoms with Crippen molar-refractivity contribution in [2.75, 3.05) is 38.2 Å². The normalized spacial score (nSPS) is 17.5. The highest BCUT2D eigenvalue weighted by atomic mass is 16.5. The van der Waals surface area contributed by atoms with Crippen molar-refractivity contribution in [3.05, 3.63) is 95.6 Å². The predicted octanol–water partition coefficient (Wildman–Crippen LogP) is 6.34. The van der Waals surface area contributed by atoms with Crippen molar-refractivity contribution >= 4 is 23.5 Å². The summed E-state index contributed by atoms with van der Waals surface area (Å²) < 4.78 is 6.06. The Labute approximate surface area is 191 Å². The van der Waals surface area contributed by atoms with Crippen LogP contribution in [0.5, 0.6) is 0 Å². The van der Waals surface area contributed by atoms with Crippen molar-refractivity contribution in [3.63, 3.8) is 0 Å². The predicted molar refractivity (Wildman–Crippen MR) is 134 cm³/mol. The standard InChI is InChI=1S/C29H32N2O/c1-32-29(26-12-3-2-4-13-26)18-22-30(23-19-29)20-9-21-31-27-14-7-5-10-24(27)16-17-25-11-6-8-15-28(25)31/h2-8,10-17H,9,18-23H2,1H3. The molecule has 1 fully saturated rings. The molecule has 0 N–H and O–H groups in total. The first-order chi connectivity index (χ1) is 15.8. The van der Waals surface area contributed by atoms with Crippen LogP contribution in [-0.4, -0.2) is 38.2 Å². The maximum atomic E-state index is 6.06. The first-order valence-electron chi connectivity index (χ1n) is 11.8. The van der Waals surface area contributed by atoms with Crippen LogP contribution in [0.1, 0.15) is 36.0 Å². The third-order valence-electron chi connectivity index (χ3n) is 7.11. The van der Waals surface area contributed by atoms with Gasteiger partial charge in [0.2, 0.25) is 0 Å². The highest BCUT2D eigenvalue weighted by molar-refractivity contribution is 5.88. The van der Waals surface area contributed by atoms with E-state index in [1.54, 1.807) is 0 Å². The number of piperidine rings is 1. The molecule has 32 heavy (non-hydrogen) atoms. The first kappa shape index (κ1) is 21.0. The van der Waals surface area contributed by atoms with Crippen LogP contribution in [0.4, 0.5) is 11.4 Å². The second-order valence-corrected chi connectivity index (χ2v) is 8.86. The Bertz CT molecular complexity index is 1020. The van der Waals surface area contributed by atoms with Crippen molar-refractivity contribution in [2.24, 2.45) is 0 Å². The molecule has 0 aliphatic carbocycles. The Balaban J connectivity index is 1.24. The molecule has 5 rings (SSSR count). The zero-order valence-corrected chi connectivity index (χ0v) is 18.9. The lowest BCUT2D eigenvalue weighted by Crippen LogP contribution is -2.44. The van der Waals surface area contributed by atoms with Crippen LogP contribution in [0.15, 0.2) is 78.9 Å². The van der Waals surface area contributed by atoms with E-state index in [1.165, 1.54) is 28.1 Å². The molecule has 2 aliphatic heterocycles. The van der Waals surface area contributed by atoms with Crippen LogP contribution in [0.2, 0.25) is 0 Å². The Morgan fingerprint density at radius 1 is 0.719 bits per heavy atom. The molecular weight excluding hydrogens is 392 g/mol. The van der Waals surface area contributed by atoms with Crippen LogP contribution in [0.3, 0.4) is 0 Å². The molecular formula is C29H32N2O. The summed E-state index contributed by atoms with van der Waals surface area (Å²) in [6, 6.07) is 28.2. The Morgan fingerprint density at radius 3 is 1.88 bits per heavy atom.